The summed E-state index contributed by atoms with van der Waals surface area (Å²) in [4.78, 5) is 0. The standard InChI is InChI=1S/C67H114O3/c1-4-18-50(5-2)49-67(39-40-69-43-44-70-42-41-68-3)65-47-59(53-31-27-51(28-32-53)45-63(55-19-10-6-11-20-55)56-21-12-7-13-22-56)35-37-61(65)62-38-36-60(48-66(62)67)54-33-29-52(30-34-54)46-64(57-23-14-8-15-24-57)58-25-16-9-17-26-58/h45-46,50-62,65-66H,4-44,47-49H2,1-3H3. The van der Waals surface area contributed by atoms with Crippen LogP contribution in [0.1, 0.15) is 264 Å². The maximum atomic E-state index is 6.71. The highest BCUT2D eigenvalue weighted by atomic mass is 16.5. The average molecular weight is 968 g/mol. The molecule has 7 atom stereocenters. The fourth-order valence-electron chi connectivity index (χ4n) is 19.9. The van der Waals surface area contributed by atoms with Gasteiger partial charge in [-0.2, -0.15) is 0 Å². The Hall–Kier alpha value is -0.640. The second-order valence-corrected chi connectivity index (χ2v) is 27.2. The number of hydrogen-bond donors (Lipinski definition) is 0. The largest absolute Gasteiger partial charge is 0.382 e. The van der Waals surface area contributed by atoms with Crippen molar-refractivity contribution < 1.29 is 14.2 Å². The molecule has 0 heterocycles. The van der Waals surface area contributed by atoms with Crippen molar-refractivity contribution in [2.24, 2.45) is 94.2 Å². The first-order chi connectivity index (χ1) is 34.6. The van der Waals surface area contributed by atoms with E-state index in [0.29, 0.717) is 25.2 Å². The summed E-state index contributed by atoms with van der Waals surface area (Å²) in [5.74, 6) is 14.0. The molecule has 3 heteroatoms. The Bertz CT molecular complexity index is 1390. The molecule has 9 fully saturated rings. The fourth-order valence-corrected chi connectivity index (χ4v) is 19.9. The molecule has 9 saturated carbocycles. The molecule has 9 aliphatic rings. The topological polar surface area (TPSA) is 27.7 Å². The van der Waals surface area contributed by atoms with Gasteiger partial charge in [0.25, 0.3) is 0 Å². The van der Waals surface area contributed by atoms with Crippen molar-refractivity contribution in [1.29, 1.82) is 0 Å². The second-order valence-electron chi connectivity index (χ2n) is 27.2. The molecule has 9 aliphatic carbocycles. The van der Waals surface area contributed by atoms with E-state index < -0.39 is 0 Å². The zero-order valence-corrected chi connectivity index (χ0v) is 46.7. The van der Waals surface area contributed by atoms with Gasteiger partial charge in [0.2, 0.25) is 0 Å². The lowest BCUT2D eigenvalue weighted by molar-refractivity contribution is -0.0310. The minimum absolute atomic E-state index is 0.461. The zero-order chi connectivity index (χ0) is 48.0. The lowest BCUT2D eigenvalue weighted by Crippen LogP contribution is -2.42. The Kier molecular flexibility index (Phi) is 21.6. The van der Waals surface area contributed by atoms with Gasteiger partial charge in [-0.05, 0) is 248 Å². The molecule has 0 aliphatic heterocycles. The van der Waals surface area contributed by atoms with Gasteiger partial charge in [-0.1, -0.05) is 133 Å². The SMILES string of the molecule is CCCC(CC)CC1(CCOCCOCCOC)C2CC(C3CCC(C=C(C4CCCCC4)C4CCCCC4)CC3)CCC2C2CCC(C3CCC(C=C(C4CCCCC4)C4CCCCC4)CC3)CC21. The first-order valence-corrected chi connectivity index (χ1v) is 32.6. The average Bonchev–Trinajstić information content (AvgIpc) is 3.68. The van der Waals surface area contributed by atoms with Crippen LogP contribution >= 0.6 is 0 Å². The summed E-state index contributed by atoms with van der Waals surface area (Å²) in [7, 11) is 1.78. The number of rotatable bonds is 22. The quantitative estimate of drug-likeness (QED) is 0.0799. The molecule has 0 spiro atoms. The Morgan fingerprint density at radius 1 is 0.443 bits per heavy atom. The van der Waals surface area contributed by atoms with Crippen LogP contribution in [0.3, 0.4) is 0 Å². The maximum Gasteiger partial charge on any atom is 0.0701 e. The van der Waals surface area contributed by atoms with E-state index in [4.69, 9.17) is 14.2 Å². The predicted molar refractivity (Wildman–Crippen MR) is 296 cm³/mol. The number of allylic oxidation sites excluding steroid dienone is 4. The molecule has 0 aromatic heterocycles. The van der Waals surface area contributed by atoms with Crippen LogP contribution in [0.25, 0.3) is 0 Å². The van der Waals surface area contributed by atoms with Crippen LogP contribution in [0.5, 0.6) is 0 Å². The van der Waals surface area contributed by atoms with Crippen LogP contribution in [-0.2, 0) is 14.2 Å². The van der Waals surface area contributed by atoms with E-state index in [9.17, 15) is 0 Å². The summed E-state index contributed by atoms with van der Waals surface area (Å²) in [6.45, 7) is 8.77. The van der Waals surface area contributed by atoms with Crippen LogP contribution in [0.2, 0.25) is 0 Å². The number of methoxy groups -OCH3 is 1. The van der Waals surface area contributed by atoms with E-state index in [-0.39, 0.29) is 0 Å². The molecule has 7 unspecified atom stereocenters. The molecule has 400 valence electrons. The smallest absolute Gasteiger partial charge is 0.0701 e. The second kappa shape index (κ2) is 27.9. The van der Waals surface area contributed by atoms with Crippen molar-refractivity contribution in [2.45, 2.75) is 264 Å². The molecular formula is C67H114O3. The summed E-state index contributed by atoms with van der Waals surface area (Å²) in [6, 6.07) is 0. The Labute approximate surface area is 434 Å². The molecule has 0 N–H and O–H groups in total. The van der Waals surface area contributed by atoms with Crippen molar-refractivity contribution in [3.05, 3.63) is 23.3 Å². The monoisotopic (exact) mass is 967 g/mol. The van der Waals surface area contributed by atoms with E-state index >= 15 is 0 Å². The highest BCUT2D eigenvalue weighted by Crippen LogP contribution is 2.69. The van der Waals surface area contributed by atoms with Crippen molar-refractivity contribution in [3.63, 3.8) is 0 Å². The molecule has 0 amide bonds. The van der Waals surface area contributed by atoms with Gasteiger partial charge < -0.3 is 14.2 Å². The summed E-state index contributed by atoms with van der Waals surface area (Å²) in [6.07, 6.45) is 64.1. The van der Waals surface area contributed by atoms with Gasteiger partial charge in [-0.3, -0.25) is 0 Å². The number of hydrogen-bond acceptors (Lipinski definition) is 3. The highest BCUT2D eigenvalue weighted by molar-refractivity contribution is 5.17. The van der Waals surface area contributed by atoms with Crippen LogP contribution in [-0.4, -0.2) is 40.1 Å². The van der Waals surface area contributed by atoms with Gasteiger partial charge in [0, 0.05) is 13.7 Å². The van der Waals surface area contributed by atoms with Gasteiger partial charge in [0.15, 0.2) is 0 Å². The van der Waals surface area contributed by atoms with Crippen molar-refractivity contribution in [3.8, 4) is 0 Å². The summed E-state index contributed by atoms with van der Waals surface area (Å²) >= 11 is 0. The Morgan fingerprint density at radius 3 is 1.21 bits per heavy atom. The van der Waals surface area contributed by atoms with E-state index in [1.165, 1.54) is 212 Å². The van der Waals surface area contributed by atoms with Gasteiger partial charge in [0.05, 0.1) is 26.4 Å². The van der Waals surface area contributed by atoms with Gasteiger partial charge in [-0.15, -0.1) is 0 Å². The zero-order valence-electron chi connectivity index (χ0n) is 46.7. The first-order valence-electron chi connectivity index (χ1n) is 32.6. The molecule has 9 rings (SSSR count). The number of ether oxygens (including phenoxy) is 3. The third-order valence-electron chi connectivity index (χ3n) is 23.5. The third kappa shape index (κ3) is 13.8. The molecule has 0 bridgehead atoms. The lowest BCUT2D eigenvalue weighted by Gasteiger charge is -2.50. The van der Waals surface area contributed by atoms with Crippen LogP contribution in [0, 0.1) is 94.2 Å². The van der Waals surface area contributed by atoms with E-state index in [2.05, 4.69) is 26.0 Å². The molecule has 3 nitrogen and oxygen atoms in total. The molecular weight excluding hydrogens is 853 g/mol. The van der Waals surface area contributed by atoms with Crippen LogP contribution < -0.4 is 0 Å². The summed E-state index contributed by atoms with van der Waals surface area (Å²) < 4.78 is 17.9. The third-order valence-corrected chi connectivity index (χ3v) is 23.5. The lowest BCUT2D eigenvalue weighted by atomic mass is 9.56. The highest BCUT2D eigenvalue weighted by Gasteiger charge is 2.62. The normalized spacial score (nSPS) is 36.8. The van der Waals surface area contributed by atoms with Gasteiger partial charge in [0.1, 0.15) is 0 Å². The summed E-state index contributed by atoms with van der Waals surface area (Å²) in [5.41, 5.74) is 4.44. The van der Waals surface area contributed by atoms with E-state index in [0.717, 1.165) is 102 Å². The molecule has 0 radical (unpaired) electrons. The van der Waals surface area contributed by atoms with E-state index in [1.54, 1.807) is 45.6 Å². The van der Waals surface area contributed by atoms with Crippen molar-refractivity contribution in [1.82, 2.24) is 0 Å². The maximum absolute atomic E-state index is 6.71. The molecule has 0 saturated heterocycles. The Balaban J connectivity index is 0.901. The molecule has 70 heavy (non-hydrogen) atoms. The van der Waals surface area contributed by atoms with Crippen molar-refractivity contribution >= 4 is 0 Å². The minimum atomic E-state index is 0.461. The van der Waals surface area contributed by atoms with Crippen LogP contribution in [0.15, 0.2) is 23.3 Å². The first kappa shape index (κ1) is 54.2. The van der Waals surface area contributed by atoms with Gasteiger partial charge >= 0.3 is 0 Å². The molecule has 0 aromatic carbocycles. The number of fused-ring (bicyclic) bond motifs is 3. The van der Waals surface area contributed by atoms with Crippen molar-refractivity contribution in [2.75, 3.05) is 40.1 Å². The fraction of sp³-hybridized carbons (Fsp3) is 0.940. The van der Waals surface area contributed by atoms with Gasteiger partial charge in [-0.25, -0.2) is 0 Å². The Morgan fingerprint density at radius 2 is 0.829 bits per heavy atom. The molecule has 0 aromatic rings. The van der Waals surface area contributed by atoms with Crippen LogP contribution in [0.4, 0.5) is 0 Å². The predicted octanol–water partition coefficient (Wildman–Crippen LogP) is 19.1. The summed E-state index contributed by atoms with van der Waals surface area (Å²) in [5, 5.41) is 0. The minimum Gasteiger partial charge on any atom is -0.382 e. The van der Waals surface area contributed by atoms with E-state index in [1.807, 2.05) is 11.1 Å².